The van der Waals surface area contributed by atoms with Gasteiger partial charge in [0.25, 0.3) is 0 Å². The van der Waals surface area contributed by atoms with Crippen molar-refractivity contribution in [3.63, 3.8) is 0 Å². The van der Waals surface area contributed by atoms with Crippen LogP contribution in [0.2, 0.25) is 52.4 Å². The molecule has 0 spiro atoms. The van der Waals surface area contributed by atoms with Gasteiger partial charge in [0.1, 0.15) is 12.2 Å². The quantitative estimate of drug-likeness (QED) is 0.240. The van der Waals surface area contributed by atoms with E-state index in [0.717, 1.165) is 12.8 Å². The van der Waals surface area contributed by atoms with Crippen LogP contribution in [-0.4, -0.2) is 70.0 Å². The third-order valence-electron chi connectivity index (χ3n) is 5.87. The molecule has 2 heterocycles. The molecule has 4 atom stereocenters. The van der Waals surface area contributed by atoms with E-state index < -0.39 is 44.6 Å². The molecular formula is C20H46O7Si4. The summed E-state index contributed by atoms with van der Waals surface area (Å²) in [6.45, 7) is 26.8. The minimum absolute atomic E-state index is 0.0578. The second-order valence-corrected chi connectivity index (χ2v) is 26.2. The fourth-order valence-electron chi connectivity index (χ4n) is 4.88. The van der Waals surface area contributed by atoms with Gasteiger partial charge in [-0.3, -0.25) is 0 Å². The number of hydrogen-bond donors (Lipinski definition) is 0. The zero-order valence-corrected chi connectivity index (χ0v) is 25.8. The number of epoxide rings is 2. The summed E-state index contributed by atoms with van der Waals surface area (Å²) in [7, 11) is -9.72. The molecule has 31 heavy (non-hydrogen) atoms. The monoisotopic (exact) mass is 510 g/mol. The van der Waals surface area contributed by atoms with Crippen molar-refractivity contribution in [2.24, 2.45) is 0 Å². The molecule has 2 aliphatic heterocycles. The second-order valence-electron chi connectivity index (χ2n) is 10.7. The van der Waals surface area contributed by atoms with Gasteiger partial charge < -0.3 is 31.3 Å². The van der Waals surface area contributed by atoms with Crippen LogP contribution >= 0.6 is 0 Å². The molecule has 0 saturated carbocycles. The van der Waals surface area contributed by atoms with E-state index in [1.807, 2.05) is 0 Å². The lowest BCUT2D eigenvalue weighted by Crippen LogP contribution is -2.63. The van der Waals surface area contributed by atoms with Crippen LogP contribution in [0, 0.1) is 0 Å². The predicted octanol–water partition coefficient (Wildman–Crippen LogP) is 5.01. The molecule has 2 aliphatic rings. The molecule has 0 bridgehead atoms. The van der Waals surface area contributed by atoms with Crippen molar-refractivity contribution in [3.05, 3.63) is 0 Å². The van der Waals surface area contributed by atoms with Gasteiger partial charge >= 0.3 is 17.1 Å². The molecule has 0 amide bonds. The third kappa shape index (κ3) is 5.99. The molecule has 0 aromatic rings. The lowest BCUT2D eigenvalue weighted by atomic mass is 10.5. The molecular weight excluding hydrogens is 465 g/mol. The first kappa shape index (κ1) is 27.8. The SMILES string of the molecule is CCCOC1([Si](C)(C)O[Si](C)(C)O[Si](C)(C)O[Si](C)(C)C2(OCCC)OC2C)OC1C. The smallest absolute Gasteiger partial charge is 0.312 e. The first-order chi connectivity index (χ1) is 14.0. The number of rotatable bonds is 14. The number of ether oxygens (including phenoxy) is 4. The van der Waals surface area contributed by atoms with Crippen LogP contribution in [0.5, 0.6) is 0 Å². The Morgan fingerprint density at radius 2 is 0.903 bits per heavy atom. The van der Waals surface area contributed by atoms with Crippen LogP contribution in [0.1, 0.15) is 40.5 Å². The van der Waals surface area contributed by atoms with Crippen LogP contribution in [0.15, 0.2) is 0 Å². The van der Waals surface area contributed by atoms with Crippen molar-refractivity contribution in [2.75, 3.05) is 13.2 Å². The zero-order valence-electron chi connectivity index (χ0n) is 21.8. The fraction of sp³-hybridized carbons (Fsp3) is 1.00. The Balaban J connectivity index is 2.07. The highest BCUT2D eigenvalue weighted by atomic mass is 28.5. The molecule has 11 heteroatoms. The standard InChI is InChI=1S/C20H46O7Si4/c1-13-15-21-19(17(3)23-19)28(5,6)25-30(9,10)27-31(11,12)26-29(7,8)20(18(4)24-20)22-16-14-2/h17-18H,13-16H2,1-12H3. The Labute approximate surface area is 194 Å². The molecule has 2 saturated heterocycles. The van der Waals surface area contributed by atoms with Crippen LogP contribution in [0.3, 0.4) is 0 Å². The normalized spacial score (nSPS) is 31.7. The van der Waals surface area contributed by atoms with E-state index in [1.165, 1.54) is 0 Å². The molecule has 2 rings (SSSR count). The third-order valence-corrected chi connectivity index (χ3v) is 22.5. The van der Waals surface area contributed by atoms with E-state index in [-0.39, 0.29) is 12.2 Å². The van der Waals surface area contributed by atoms with Crippen LogP contribution < -0.4 is 0 Å². The van der Waals surface area contributed by atoms with Gasteiger partial charge in [-0.05, 0) is 79.1 Å². The molecule has 0 aromatic carbocycles. The molecule has 4 unspecified atom stereocenters. The number of hydrogen-bond acceptors (Lipinski definition) is 7. The Bertz CT molecular complexity index is 579. The average Bonchev–Trinajstić information content (AvgIpc) is 3.44. The summed E-state index contributed by atoms with van der Waals surface area (Å²) >= 11 is 0. The average molecular weight is 511 g/mol. The van der Waals surface area contributed by atoms with E-state index >= 15 is 0 Å². The van der Waals surface area contributed by atoms with Crippen molar-refractivity contribution in [2.45, 2.75) is 116 Å². The summed E-state index contributed by atoms with van der Waals surface area (Å²) in [6.07, 6.45) is 2.02. The van der Waals surface area contributed by atoms with Crippen molar-refractivity contribution < 1.29 is 31.3 Å². The van der Waals surface area contributed by atoms with Gasteiger partial charge in [0.15, 0.2) is 0 Å². The van der Waals surface area contributed by atoms with E-state index in [4.69, 9.17) is 31.3 Å². The second kappa shape index (κ2) is 9.32. The predicted molar refractivity (Wildman–Crippen MR) is 132 cm³/mol. The molecule has 2 fully saturated rings. The van der Waals surface area contributed by atoms with Crippen LogP contribution in [-0.2, 0) is 31.3 Å². The van der Waals surface area contributed by atoms with Crippen molar-refractivity contribution >= 4 is 33.8 Å². The van der Waals surface area contributed by atoms with E-state index in [2.05, 4.69) is 80.1 Å². The van der Waals surface area contributed by atoms with Gasteiger partial charge in [-0.15, -0.1) is 0 Å². The van der Waals surface area contributed by atoms with Gasteiger partial charge in [0.2, 0.25) is 27.5 Å². The van der Waals surface area contributed by atoms with Crippen LogP contribution in [0.25, 0.3) is 0 Å². The van der Waals surface area contributed by atoms with Gasteiger partial charge in [-0.2, -0.15) is 0 Å². The van der Waals surface area contributed by atoms with Crippen LogP contribution in [0.4, 0.5) is 0 Å². The van der Waals surface area contributed by atoms with Gasteiger partial charge in [0.05, 0.1) is 0 Å². The van der Waals surface area contributed by atoms with E-state index in [9.17, 15) is 0 Å². The molecule has 184 valence electrons. The first-order valence-corrected chi connectivity index (χ1v) is 23.2. The maximum Gasteiger partial charge on any atom is 0.312 e. The summed E-state index contributed by atoms with van der Waals surface area (Å²) in [5, 5.41) is 0. The molecule has 7 nitrogen and oxygen atoms in total. The molecule has 0 radical (unpaired) electrons. The van der Waals surface area contributed by atoms with Gasteiger partial charge in [-0.25, -0.2) is 0 Å². The maximum atomic E-state index is 6.77. The van der Waals surface area contributed by atoms with Gasteiger partial charge in [0, 0.05) is 13.2 Å². The largest absolute Gasteiger partial charge is 0.432 e. The molecule has 0 aliphatic carbocycles. The Kier molecular flexibility index (Phi) is 8.37. The summed E-state index contributed by atoms with van der Waals surface area (Å²) in [4.78, 5) is 0. The summed E-state index contributed by atoms with van der Waals surface area (Å²) in [6, 6.07) is 0. The topological polar surface area (TPSA) is 71.2 Å². The lowest BCUT2D eigenvalue weighted by molar-refractivity contribution is -0.00168. The van der Waals surface area contributed by atoms with E-state index in [1.54, 1.807) is 0 Å². The van der Waals surface area contributed by atoms with Crippen molar-refractivity contribution in [1.82, 2.24) is 0 Å². The highest BCUT2D eigenvalue weighted by Crippen LogP contribution is 2.48. The summed E-state index contributed by atoms with van der Waals surface area (Å²) in [5.41, 5.74) is -1.15. The first-order valence-electron chi connectivity index (χ1n) is 11.7. The minimum atomic E-state index is -2.51. The molecule has 0 N–H and O–H groups in total. The zero-order chi connectivity index (χ0) is 23.9. The molecule has 0 aromatic heterocycles. The summed E-state index contributed by atoms with van der Waals surface area (Å²) in [5.74, 6) is 0. The minimum Gasteiger partial charge on any atom is -0.432 e. The maximum absolute atomic E-state index is 6.77. The lowest BCUT2D eigenvalue weighted by Gasteiger charge is -2.43. The van der Waals surface area contributed by atoms with Gasteiger partial charge in [-0.1, -0.05) is 13.8 Å². The summed E-state index contributed by atoms with van der Waals surface area (Å²) < 4.78 is 44.5. The van der Waals surface area contributed by atoms with Crippen molar-refractivity contribution in [3.8, 4) is 0 Å². The highest BCUT2D eigenvalue weighted by molar-refractivity contribution is 6.90. The Hall–Kier alpha value is 0.588. The van der Waals surface area contributed by atoms with E-state index in [0.29, 0.717) is 13.2 Å². The van der Waals surface area contributed by atoms with Crippen molar-refractivity contribution in [1.29, 1.82) is 0 Å². The highest BCUT2D eigenvalue weighted by Gasteiger charge is 2.70. The Morgan fingerprint density at radius 1 is 0.613 bits per heavy atom. The fourth-order valence-corrected chi connectivity index (χ4v) is 25.4. The Morgan fingerprint density at radius 3 is 1.13 bits per heavy atom.